The number of carbonyl (C=O) groups is 1. The van der Waals surface area contributed by atoms with Gasteiger partial charge in [-0.05, 0) is 55.0 Å². The van der Waals surface area contributed by atoms with Crippen LogP contribution in [-0.4, -0.2) is 22.0 Å². The van der Waals surface area contributed by atoms with Crippen LogP contribution < -0.4 is 15.6 Å². The molecule has 4 aromatic rings. The van der Waals surface area contributed by atoms with Gasteiger partial charge in [-0.2, -0.15) is 8.78 Å². The summed E-state index contributed by atoms with van der Waals surface area (Å²) in [6.45, 7) is -1.24. The van der Waals surface area contributed by atoms with Crippen molar-refractivity contribution >= 4 is 23.0 Å². The second-order valence-electron chi connectivity index (χ2n) is 7.12. The van der Waals surface area contributed by atoms with Crippen LogP contribution in [0.15, 0.2) is 77.7 Å². The number of para-hydroxylation sites is 1. The number of esters is 1. The smallest absolute Gasteiger partial charge is 0.387 e. The summed E-state index contributed by atoms with van der Waals surface area (Å²) in [5, 5.41) is 3.06. The molecular weight excluding hydrogens is 432 g/mol. The van der Waals surface area contributed by atoms with Crippen molar-refractivity contribution in [2.45, 2.75) is 20.1 Å². The number of carbonyl (C=O) groups excluding carboxylic acids is 1. The molecule has 0 aliphatic carbocycles. The molecule has 0 saturated heterocycles. The van der Waals surface area contributed by atoms with Crippen molar-refractivity contribution in [3.8, 4) is 5.75 Å². The average molecular weight is 451 g/mol. The highest BCUT2D eigenvalue weighted by Gasteiger charge is 2.14. The molecular formula is C24H19F2N3O4. The number of fused-ring (bicyclic) bond motifs is 1. The highest BCUT2D eigenvalue weighted by Crippen LogP contribution is 2.24. The number of alkyl halides is 2. The fraction of sp³-hybridized carbons (Fsp3) is 0.125. The minimum absolute atomic E-state index is 0.0253. The number of benzene rings is 2. The van der Waals surface area contributed by atoms with Gasteiger partial charge in [0.05, 0.1) is 16.9 Å². The van der Waals surface area contributed by atoms with Crippen molar-refractivity contribution in [3.63, 3.8) is 0 Å². The van der Waals surface area contributed by atoms with E-state index in [2.05, 4.69) is 15.0 Å². The number of aromatic nitrogens is 2. The predicted octanol–water partition coefficient (Wildman–Crippen LogP) is 4.70. The van der Waals surface area contributed by atoms with Gasteiger partial charge >= 0.3 is 12.6 Å². The monoisotopic (exact) mass is 451 g/mol. The number of hydrogen-bond acceptors (Lipinski definition) is 6. The molecule has 168 valence electrons. The number of hydrogen-bond donors (Lipinski definition) is 1. The zero-order chi connectivity index (χ0) is 23.4. The largest absolute Gasteiger partial charge is 0.456 e. The number of pyridine rings is 1. The lowest BCUT2D eigenvalue weighted by molar-refractivity contribution is -0.0498. The number of aryl methyl sites for hydroxylation is 1. The van der Waals surface area contributed by atoms with Crippen LogP contribution in [0.2, 0.25) is 0 Å². The Hall–Kier alpha value is -4.27. The quantitative estimate of drug-likeness (QED) is 0.410. The van der Waals surface area contributed by atoms with Gasteiger partial charge in [0.15, 0.2) is 0 Å². The van der Waals surface area contributed by atoms with E-state index in [9.17, 15) is 18.4 Å². The predicted molar refractivity (Wildman–Crippen MR) is 118 cm³/mol. The van der Waals surface area contributed by atoms with Gasteiger partial charge in [-0.25, -0.2) is 9.78 Å². The average Bonchev–Trinajstić information content (AvgIpc) is 2.79. The molecule has 1 N–H and O–H groups in total. The Morgan fingerprint density at radius 2 is 1.85 bits per heavy atom. The first-order valence-corrected chi connectivity index (χ1v) is 9.96. The van der Waals surface area contributed by atoms with Crippen LogP contribution >= 0.6 is 0 Å². The summed E-state index contributed by atoms with van der Waals surface area (Å²) >= 11 is 0. The molecule has 0 aliphatic rings. The van der Waals surface area contributed by atoms with E-state index in [1.54, 1.807) is 48.7 Å². The number of nitrogens with one attached hydrogen (secondary N) is 1. The molecule has 7 nitrogen and oxygen atoms in total. The third-order valence-corrected chi connectivity index (χ3v) is 4.80. The normalized spacial score (nSPS) is 10.9. The van der Waals surface area contributed by atoms with Crippen LogP contribution in [0.5, 0.6) is 5.75 Å². The number of anilines is 2. The summed E-state index contributed by atoms with van der Waals surface area (Å²) < 4.78 is 35.8. The van der Waals surface area contributed by atoms with Crippen molar-refractivity contribution in [1.82, 2.24) is 9.38 Å². The molecule has 0 bridgehead atoms. The molecule has 0 unspecified atom stereocenters. The third-order valence-electron chi connectivity index (χ3n) is 4.80. The summed E-state index contributed by atoms with van der Waals surface area (Å²) in [4.78, 5) is 29.5. The fourth-order valence-corrected chi connectivity index (χ4v) is 3.25. The second kappa shape index (κ2) is 9.47. The van der Waals surface area contributed by atoms with Gasteiger partial charge in [0, 0.05) is 18.0 Å². The molecule has 2 aromatic heterocycles. The van der Waals surface area contributed by atoms with Crippen molar-refractivity contribution in [3.05, 3.63) is 100 Å². The lowest BCUT2D eigenvalue weighted by Gasteiger charge is -2.13. The van der Waals surface area contributed by atoms with Crippen molar-refractivity contribution in [2.24, 2.45) is 0 Å². The molecule has 33 heavy (non-hydrogen) atoms. The molecule has 0 saturated carbocycles. The highest BCUT2D eigenvalue weighted by atomic mass is 19.3. The molecule has 0 atom stereocenters. The molecule has 2 heterocycles. The van der Waals surface area contributed by atoms with Gasteiger partial charge in [0.25, 0.3) is 5.56 Å². The van der Waals surface area contributed by atoms with Gasteiger partial charge in [0.1, 0.15) is 18.0 Å². The standard InChI is InChI=1S/C24H19F2N3O4/c1-15-5-4-12-29-21(30)13-17(28-22(15)29)14-32-23(31)19-6-2-3-7-20(19)27-16-8-10-18(11-9-16)33-24(25)26/h2-13,24,27H,14H2,1H3. The molecule has 2 aromatic carbocycles. The summed E-state index contributed by atoms with van der Waals surface area (Å²) in [6, 6.07) is 17.5. The lowest BCUT2D eigenvalue weighted by Crippen LogP contribution is -2.17. The third kappa shape index (κ3) is 5.15. The first kappa shape index (κ1) is 21.9. The summed E-state index contributed by atoms with van der Waals surface area (Å²) in [5.74, 6) is -0.584. The molecule has 0 spiro atoms. The number of halogens is 2. The Kier molecular flexibility index (Phi) is 6.30. The van der Waals surface area contributed by atoms with Crippen LogP contribution in [0, 0.1) is 6.92 Å². The zero-order valence-electron chi connectivity index (χ0n) is 17.5. The van der Waals surface area contributed by atoms with Gasteiger partial charge in [-0.1, -0.05) is 18.2 Å². The van der Waals surface area contributed by atoms with Crippen molar-refractivity contribution in [1.29, 1.82) is 0 Å². The Bertz CT molecular complexity index is 1350. The first-order valence-electron chi connectivity index (χ1n) is 9.96. The summed E-state index contributed by atoms with van der Waals surface area (Å²) in [5.41, 5.74) is 2.68. The fourth-order valence-electron chi connectivity index (χ4n) is 3.25. The molecule has 0 aliphatic heterocycles. The summed E-state index contributed by atoms with van der Waals surface area (Å²) in [7, 11) is 0. The Labute approximate surface area is 187 Å². The first-order chi connectivity index (χ1) is 15.9. The SMILES string of the molecule is Cc1cccn2c(=O)cc(COC(=O)c3ccccc3Nc3ccc(OC(F)F)cc3)nc12. The summed E-state index contributed by atoms with van der Waals surface area (Å²) in [6.07, 6.45) is 1.63. The van der Waals surface area contributed by atoms with E-state index in [1.165, 1.54) is 22.6 Å². The van der Waals surface area contributed by atoms with E-state index in [0.29, 0.717) is 22.7 Å². The van der Waals surface area contributed by atoms with E-state index < -0.39 is 12.6 Å². The van der Waals surface area contributed by atoms with Crippen molar-refractivity contribution < 1.29 is 23.0 Å². The van der Waals surface area contributed by atoms with E-state index in [-0.39, 0.29) is 23.5 Å². The van der Waals surface area contributed by atoms with E-state index >= 15 is 0 Å². The molecule has 9 heteroatoms. The Balaban J connectivity index is 1.49. The molecule has 4 rings (SSSR count). The van der Waals surface area contributed by atoms with Crippen LogP contribution in [0.1, 0.15) is 21.6 Å². The van der Waals surface area contributed by atoms with Crippen LogP contribution in [-0.2, 0) is 11.3 Å². The topological polar surface area (TPSA) is 81.9 Å². The van der Waals surface area contributed by atoms with E-state index in [1.807, 2.05) is 13.0 Å². The van der Waals surface area contributed by atoms with Gasteiger partial charge in [-0.3, -0.25) is 9.20 Å². The number of ether oxygens (including phenoxy) is 2. The second-order valence-corrected chi connectivity index (χ2v) is 7.12. The maximum Gasteiger partial charge on any atom is 0.387 e. The maximum atomic E-state index is 12.7. The molecule has 0 amide bonds. The molecule has 0 fully saturated rings. The van der Waals surface area contributed by atoms with Crippen molar-refractivity contribution in [2.75, 3.05) is 5.32 Å². The van der Waals surface area contributed by atoms with Gasteiger partial charge < -0.3 is 14.8 Å². The number of rotatable bonds is 7. The van der Waals surface area contributed by atoms with Crippen LogP contribution in [0.4, 0.5) is 20.2 Å². The minimum Gasteiger partial charge on any atom is -0.456 e. The number of nitrogens with zero attached hydrogens (tertiary/aromatic N) is 2. The minimum atomic E-state index is -2.91. The highest BCUT2D eigenvalue weighted by molar-refractivity contribution is 5.96. The Morgan fingerprint density at radius 1 is 1.09 bits per heavy atom. The van der Waals surface area contributed by atoms with Crippen LogP contribution in [0.3, 0.4) is 0 Å². The van der Waals surface area contributed by atoms with Gasteiger partial charge in [-0.15, -0.1) is 0 Å². The zero-order valence-corrected chi connectivity index (χ0v) is 17.5. The van der Waals surface area contributed by atoms with Gasteiger partial charge in [0.2, 0.25) is 0 Å². The molecule has 0 radical (unpaired) electrons. The van der Waals surface area contributed by atoms with E-state index in [0.717, 1.165) is 5.56 Å². The van der Waals surface area contributed by atoms with E-state index in [4.69, 9.17) is 4.74 Å². The maximum absolute atomic E-state index is 12.7. The van der Waals surface area contributed by atoms with Crippen LogP contribution in [0.25, 0.3) is 5.65 Å². The Morgan fingerprint density at radius 3 is 2.61 bits per heavy atom. The lowest BCUT2D eigenvalue weighted by atomic mass is 10.1.